The van der Waals surface area contributed by atoms with Crippen LogP contribution in [-0.4, -0.2) is 11.9 Å². The summed E-state index contributed by atoms with van der Waals surface area (Å²) in [6.45, 7) is -0.248. The summed E-state index contributed by atoms with van der Waals surface area (Å²) in [5.74, 6) is 3.93. The van der Waals surface area contributed by atoms with Gasteiger partial charge < -0.3 is 9.39 Å². The molecule has 1 aromatic heterocycles. The molecule has 2 aliphatic rings. The molecule has 0 spiro atoms. The van der Waals surface area contributed by atoms with Crippen molar-refractivity contribution in [2.75, 3.05) is 0 Å². The molecule has 1 fully saturated rings. The topological polar surface area (TPSA) is 31.4 Å². The fourth-order valence-corrected chi connectivity index (χ4v) is 4.38. The van der Waals surface area contributed by atoms with Crippen LogP contribution in [0.3, 0.4) is 0 Å². The van der Waals surface area contributed by atoms with Crippen LogP contribution < -0.4 is 20.3 Å². The quantitative estimate of drug-likeness (QED) is 0.421. The minimum atomic E-state index is -0.248. The van der Waals surface area contributed by atoms with Gasteiger partial charge >= 0.3 is 6.92 Å². The maximum absolute atomic E-state index is 6.59. The molecule has 3 nitrogen and oxygen atoms in total. The first-order chi connectivity index (χ1) is 15.8. The lowest BCUT2D eigenvalue weighted by molar-refractivity contribution is 0.389. The molecule has 6 rings (SSSR count). The Balaban J connectivity index is 1.31. The highest BCUT2D eigenvalue weighted by molar-refractivity contribution is 6.80. The minimum Gasteiger partial charge on any atom is -0.550 e. The Bertz CT molecular complexity index is 1310. The molecule has 0 aliphatic heterocycles. The monoisotopic (exact) mass is 415 g/mol. The molecule has 2 unspecified atom stereocenters. The molecule has 154 valence electrons. The van der Waals surface area contributed by atoms with E-state index in [1.165, 1.54) is 6.42 Å². The molecular weight excluding hydrogens is 393 g/mol. The number of pyridine rings is 1. The predicted molar refractivity (Wildman–Crippen MR) is 130 cm³/mol. The van der Waals surface area contributed by atoms with Crippen molar-refractivity contribution in [1.82, 2.24) is 4.98 Å². The average Bonchev–Trinajstić information content (AvgIpc) is 3.65. The van der Waals surface area contributed by atoms with E-state index in [-0.39, 0.29) is 6.92 Å². The number of nitrogens with zero attached hydrogens (tertiary/aromatic N) is 1. The SMILES string of the molecule is C1=CC2CC2C(Oc2ccc(B(Oc3cccc4cccnc34)c3ccccc3)cc2)=C1. The highest BCUT2D eigenvalue weighted by Gasteiger charge is 2.40. The molecule has 4 aromatic rings. The Morgan fingerprint density at radius 1 is 0.812 bits per heavy atom. The lowest BCUT2D eigenvalue weighted by atomic mass is 9.55. The zero-order valence-corrected chi connectivity index (χ0v) is 17.6. The summed E-state index contributed by atoms with van der Waals surface area (Å²) in [6, 6.07) is 28.6. The van der Waals surface area contributed by atoms with Gasteiger partial charge in [0, 0.05) is 17.5 Å². The summed E-state index contributed by atoms with van der Waals surface area (Å²) < 4.78 is 12.8. The lowest BCUT2D eigenvalue weighted by Gasteiger charge is -2.18. The Morgan fingerprint density at radius 3 is 2.50 bits per heavy atom. The van der Waals surface area contributed by atoms with Gasteiger partial charge in [0.05, 0.1) is 0 Å². The molecule has 1 heterocycles. The third kappa shape index (κ3) is 3.69. The van der Waals surface area contributed by atoms with E-state index in [9.17, 15) is 0 Å². The summed E-state index contributed by atoms with van der Waals surface area (Å²) in [7, 11) is 0. The van der Waals surface area contributed by atoms with Crippen LogP contribution in [0.5, 0.6) is 11.5 Å². The smallest absolute Gasteiger partial charge is 0.426 e. The van der Waals surface area contributed by atoms with Crippen LogP contribution >= 0.6 is 0 Å². The van der Waals surface area contributed by atoms with Crippen LogP contribution in [0.2, 0.25) is 0 Å². The maximum Gasteiger partial charge on any atom is 0.426 e. The van der Waals surface area contributed by atoms with Gasteiger partial charge in [-0.25, -0.2) is 0 Å². The van der Waals surface area contributed by atoms with E-state index in [0.717, 1.165) is 39.1 Å². The number of aromatic nitrogens is 1. The molecule has 32 heavy (non-hydrogen) atoms. The molecule has 0 amide bonds. The zero-order chi connectivity index (χ0) is 21.3. The molecule has 0 saturated heterocycles. The van der Waals surface area contributed by atoms with E-state index < -0.39 is 0 Å². The Morgan fingerprint density at radius 2 is 1.62 bits per heavy atom. The largest absolute Gasteiger partial charge is 0.550 e. The molecule has 0 bridgehead atoms. The van der Waals surface area contributed by atoms with E-state index in [1.54, 1.807) is 6.20 Å². The lowest BCUT2D eigenvalue weighted by Crippen LogP contribution is -2.47. The van der Waals surface area contributed by atoms with E-state index in [0.29, 0.717) is 11.8 Å². The van der Waals surface area contributed by atoms with Crippen molar-refractivity contribution in [2.24, 2.45) is 11.8 Å². The number of para-hydroxylation sites is 1. The number of rotatable bonds is 6. The van der Waals surface area contributed by atoms with Crippen LogP contribution in [0.4, 0.5) is 0 Å². The number of hydrogen-bond acceptors (Lipinski definition) is 3. The van der Waals surface area contributed by atoms with Gasteiger partial charge in [0.1, 0.15) is 22.8 Å². The van der Waals surface area contributed by atoms with Crippen LogP contribution in [0.15, 0.2) is 115 Å². The van der Waals surface area contributed by atoms with Crippen molar-refractivity contribution in [1.29, 1.82) is 0 Å². The minimum absolute atomic E-state index is 0.248. The summed E-state index contributed by atoms with van der Waals surface area (Å²) in [5, 5.41) is 1.06. The molecular formula is C28H22BNO2. The highest BCUT2D eigenvalue weighted by atomic mass is 16.5. The number of benzene rings is 3. The van der Waals surface area contributed by atoms with Crippen molar-refractivity contribution >= 4 is 28.7 Å². The molecule has 0 radical (unpaired) electrons. The van der Waals surface area contributed by atoms with E-state index in [1.807, 2.05) is 48.5 Å². The summed E-state index contributed by atoms with van der Waals surface area (Å²) in [4.78, 5) is 4.55. The second kappa shape index (κ2) is 8.05. The second-order valence-electron chi connectivity index (χ2n) is 8.37. The Hall–Kier alpha value is -3.79. The second-order valence-corrected chi connectivity index (χ2v) is 8.37. The van der Waals surface area contributed by atoms with Crippen molar-refractivity contribution in [3.63, 3.8) is 0 Å². The van der Waals surface area contributed by atoms with Gasteiger partial charge in [-0.15, -0.1) is 0 Å². The fourth-order valence-electron chi connectivity index (χ4n) is 4.38. The average molecular weight is 415 g/mol. The first-order valence-electron chi connectivity index (χ1n) is 11.1. The van der Waals surface area contributed by atoms with Crippen LogP contribution in [0, 0.1) is 11.8 Å². The molecule has 0 N–H and O–H groups in total. The van der Waals surface area contributed by atoms with Crippen molar-refractivity contribution in [3.8, 4) is 11.5 Å². The number of ether oxygens (including phenoxy) is 1. The molecule has 2 aliphatic carbocycles. The predicted octanol–water partition coefficient (Wildman–Crippen LogP) is 4.89. The highest BCUT2D eigenvalue weighted by Crippen LogP contribution is 2.47. The molecule has 2 atom stereocenters. The number of allylic oxidation sites excluding steroid dienone is 4. The van der Waals surface area contributed by atoms with Gasteiger partial charge in [-0.3, -0.25) is 4.98 Å². The van der Waals surface area contributed by atoms with E-state index in [2.05, 4.69) is 59.6 Å². The van der Waals surface area contributed by atoms with E-state index in [4.69, 9.17) is 9.39 Å². The van der Waals surface area contributed by atoms with Gasteiger partial charge in [-0.2, -0.15) is 0 Å². The van der Waals surface area contributed by atoms with Gasteiger partial charge in [0.15, 0.2) is 0 Å². The maximum atomic E-state index is 6.59. The standard InChI is InChI=1S/C28H22BNO2/c1-2-10-22(11-3-1)29(32-27-13-4-7-20-9-6-18-30-28(20)27)23-14-16-24(17-15-23)31-26-12-5-8-21-19-25(21)26/h1-18,21,25H,19H2. The number of fused-ring (bicyclic) bond motifs is 2. The van der Waals surface area contributed by atoms with Gasteiger partial charge in [-0.05, 0) is 53.6 Å². The summed E-state index contributed by atoms with van der Waals surface area (Å²) in [5.41, 5.74) is 3.03. The van der Waals surface area contributed by atoms with Crippen LogP contribution in [0.1, 0.15) is 6.42 Å². The first-order valence-corrected chi connectivity index (χ1v) is 11.1. The third-order valence-corrected chi connectivity index (χ3v) is 6.19. The van der Waals surface area contributed by atoms with E-state index >= 15 is 0 Å². The summed E-state index contributed by atoms with van der Waals surface area (Å²) >= 11 is 0. The molecule has 1 saturated carbocycles. The molecule has 3 aromatic carbocycles. The normalized spacial score (nSPS) is 18.6. The zero-order valence-electron chi connectivity index (χ0n) is 17.6. The van der Waals surface area contributed by atoms with Crippen molar-refractivity contribution < 1.29 is 9.39 Å². The van der Waals surface area contributed by atoms with Crippen LogP contribution in [-0.2, 0) is 0 Å². The van der Waals surface area contributed by atoms with Gasteiger partial charge in [0.2, 0.25) is 0 Å². The first kappa shape index (κ1) is 18.9. The fraction of sp³-hybridized carbons (Fsp3) is 0.107. The molecule has 4 heteroatoms. The Labute approximate surface area is 188 Å². The van der Waals surface area contributed by atoms with Gasteiger partial charge in [0.25, 0.3) is 0 Å². The van der Waals surface area contributed by atoms with Crippen molar-refractivity contribution in [2.45, 2.75) is 6.42 Å². The summed E-state index contributed by atoms with van der Waals surface area (Å²) in [6.07, 6.45) is 9.47. The van der Waals surface area contributed by atoms with Gasteiger partial charge in [-0.1, -0.05) is 72.8 Å². The van der Waals surface area contributed by atoms with Crippen LogP contribution in [0.25, 0.3) is 10.9 Å². The number of hydrogen-bond donors (Lipinski definition) is 0. The van der Waals surface area contributed by atoms with Crippen molar-refractivity contribution in [3.05, 3.63) is 115 Å². The Kier molecular flexibility index (Phi) is 4.76. The third-order valence-electron chi connectivity index (χ3n) is 6.19.